The van der Waals surface area contributed by atoms with Gasteiger partial charge in [-0.3, -0.25) is 4.79 Å². The van der Waals surface area contributed by atoms with Gasteiger partial charge in [0.15, 0.2) is 0 Å². The van der Waals surface area contributed by atoms with Crippen LogP contribution in [-0.2, 0) is 17.6 Å². The first-order valence-corrected chi connectivity index (χ1v) is 19.7. The van der Waals surface area contributed by atoms with Gasteiger partial charge in [0.25, 0.3) is 5.91 Å². The summed E-state index contributed by atoms with van der Waals surface area (Å²) in [5.74, 6) is 0.946. The van der Waals surface area contributed by atoms with Gasteiger partial charge in [-0.15, -0.1) is 0 Å². The molecular weight excluding hydrogens is 1040 g/mol. The average Bonchev–Trinajstić information content (AvgIpc) is 3.72. The largest absolute Gasteiger partial charge is 0.444 e. The molecule has 4 N–H and O–H groups in total. The van der Waals surface area contributed by atoms with Crippen molar-refractivity contribution in [2.24, 2.45) is 0 Å². The number of halogens is 6. The number of aromatic nitrogens is 4. The topological polar surface area (TPSA) is 125 Å². The maximum atomic E-state index is 12.8. The van der Waals surface area contributed by atoms with Crippen molar-refractivity contribution in [3.05, 3.63) is 118 Å². The summed E-state index contributed by atoms with van der Waals surface area (Å²) in [6.45, 7) is 6.44. The minimum Gasteiger partial charge on any atom is -0.444 e. The number of alkyl halides is 3. The fourth-order valence-electron chi connectivity index (χ4n) is 4.11. The fraction of sp³-hybridized carbons (Fsp3) is 0.278. The smallest absolute Gasteiger partial charge is 0.407 e. The minimum atomic E-state index is -0.486. The van der Waals surface area contributed by atoms with Gasteiger partial charge in [0.05, 0.1) is 0 Å². The Kier molecular flexibility index (Phi) is 19.8. The number of ether oxygens (including phenoxy) is 1. The van der Waals surface area contributed by atoms with Crippen LogP contribution in [-0.4, -0.2) is 50.6 Å². The molecule has 0 aliphatic rings. The van der Waals surface area contributed by atoms with Gasteiger partial charge in [-0.05, 0) is 93.6 Å². The van der Waals surface area contributed by atoms with Gasteiger partial charge in [0, 0.05) is 76.4 Å². The van der Waals surface area contributed by atoms with E-state index < -0.39 is 11.7 Å². The van der Waals surface area contributed by atoms with E-state index in [4.69, 9.17) is 27.9 Å². The third-order valence-corrected chi connectivity index (χ3v) is 6.85. The fourth-order valence-corrected chi connectivity index (χ4v) is 4.36. The molecule has 0 spiro atoms. The van der Waals surface area contributed by atoms with Gasteiger partial charge in [-0.1, -0.05) is 98.4 Å². The molecule has 0 radical (unpaired) electrons. The number of carbonyl (C=O) groups is 2. The van der Waals surface area contributed by atoms with Crippen LogP contribution >= 0.6 is 91.0 Å². The highest BCUT2D eigenvalue weighted by Crippen LogP contribution is 2.20. The van der Waals surface area contributed by atoms with E-state index in [1.165, 1.54) is 24.3 Å². The number of rotatable bonds is 9. The van der Waals surface area contributed by atoms with E-state index in [-0.39, 0.29) is 19.2 Å². The van der Waals surface area contributed by atoms with Crippen molar-refractivity contribution in [3.8, 4) is 22.8 Å². The predicted octanol–water partition coefficient (Wildman–Crippen LogP) is 10.9. The molecule has 2 amide bonds. The highest BCUT2D eigenvalue weighted by atomic mass is 127. The molecule has 0 saturated carbocycles. The first-order valence-electron chi connectivity index (χ1n) is 15.2. The lowest BCUT2D eigenvalue weighted by Crippen LogP contribution is -2.33. The van der Waals surface area contributed by atoms with Gasteiger partial charge in [-0.25, -0.2) is 19.2 Å². The Labute approximate surface area is 349 Å². The summed E-state index contributed by atoms with van der Waals surface area (Å²) in [5.41, 5.74) is 3.72. The lowest BCUT2D eigenvalue weighted by molar-refractivity contribution is 0.0528. The van der Waals surface area contributed by atoms with Crippen molar-refractivity contribution in [2.45, 2.75) is 46.6 Å². The molecule has 0 aliphatic heterocycles. The number of carbonyl (C=O) groups excluding carboxylic acids is 2. The van der Waals surface area contributed by atoms with Crippen molar-refractivity contribution >= 4 is 103 Å². The van der Waals surface area contributed by atoms with E-state index >= 15 is 0 Å². The Balaban J connectivity index is 0.000000315. The van der Waals surface area contributed by atoms with Crippen molar-refractivity contribution in [3.63, 3.8) is 0 Å². The number of alkyl carbamates (subject to hydrolysis) is 1. The van der Waals surface area contributed by atoms with Crippen LogP contribution in [0.1, 0.15) is 49.9 Å². The summed E-state index contributed by atoms with van der Waals surface area (Å²) in [5, 5.41) is 6.88. The van der Waals surface area contributed by atoms with E-state index in [9.17, 15) is 14.0 Å². The van der Waals surface area contributed by atoms with Crippen molar-refractivity contribution in [1.29, 1.82) is 0 Å². The zero-order valence-corrected chi connectivity index (χ0v) is 35.4. The van der Waals surface area contributed by atoms with Crippen LogP contribution in [0, 0.1) is 5.82 Å². The molecule has 0 fully saturated rings. The van der Waals surface area contributed by atoms with Gasteiger partial charge >= 0.3 is 6.09 Å². The number of benzene rings is 3. The normalized spacial score (nSPS) is 10.5. The molecule has 51 heavy (non-hydrogen) atoms. The number of nitrogens with one attached hydrogen (secondary N) is 4. The van der Waals surface area contributed by atoms with Gasteiger partial charge in [-0.2, -0.15) is 0 Å². The molecular formula is C36H40Cl2FI3N6O3. The average molecular weight is 1080 g/mol. The molecule has 0 saturated heterocycles. The number of hydrogen-bond donors (Lipinski definition) is 4. The monoisotopic (exact) mass is 1070 g/mol. The number of aromatic amines is 2. The second-order valence-corrected chi connectivity index (χ2v) is 23.2. The number of H-pyrrole nitrogens is 2. The van der Waals surface area contributed by atoms with Crippen molar-refractivity contribution in [1.82, 2.24) is 30.6 Å². The quantitative estimate of drug-likeness (QED) is 0.0865. The molecule has 0 unspecified atom stereocenters. The lowest BCUT2D eigenvalue weighted by atomic mass is 10.2. The van der Waals surface area contributed by atoms with E-state index in [0.717, 1.165) is 34.1 Å². The molecule has 274 valence electrons. The maximum Gasteiger partial charge on any atom is 0.407 e. The van der Waals surface area contributed by atoms with Gasteiger partial charge in [0.1, 0.15) is 23.0 Å². The highest BCUT2D eigenvalue weighted by molar-refractivity contribution is 14.3. The molecule has 15 heteroatoms. The summed E-state index contributed by atoms with van der Waals surface area (Å²) < 4.78 is 18.8. The van der Waals surface area contributed by atoms with E-state index in [2.05, 4.69) is 98.3 Å². The van der Waals surface area contributed by atoms with E-state index in [0.29, 0.717) is 41.5 Å². The SMILES string of the molecule is C.CC(C)(C)OC(=O)NCCc1cnc(-c2ccc(Cl)cc2)[nH]1.IC(I)I.O=C(NCCc1cnc(-c2ccc(Cl)cc2)[nH]1)c1ccc(F)cc1. The van der Waals surface area contributed by atoms with Crippen LogP contribution in [0.25, 0.3) is 22.8 Å². The summed E-state index contributed by atoms with van der Waals surface area (Å²) in [6.07, 6.45) is 4.37. The van der Waals surface area contributed by atoms with Crippen LogP contribution in [0.5, 0.6) is 0 Å². The first-order chi connectivity index (χ1) is 23.7. The Morgan fingerprint density at radius 1 is 0.765 bits per heavy atom. The molecule has 0 aliphatic carbocycles. The predicted molar refractivity (Wildman–Crippen MR) is 231 cm³/mol. The zero-order valence-electron chi connectivity index (χ0n) is 27.4. The number of hydrogen-bond acceptors (Lipinski definition) is 5. The standard InChI is InChI=1S/C18H15ClFN3O.C16H20ClN3O2.CHI3.CH4/c19-14-5-1-12(2-6-14)17-22-11-16(23-17)9-10-21-18(24)13-3-7-15(20)8-4-13;1-16(2,3)22-15(21)18-9-8-13-10-19-14(20-13)11-4-6-12(17)7-5-11;2-1(3)4;/h1-8,11H,9-10H2,(H,21,24)(H,22,23);4-7,10H,8-9H2,1-3H3,(H,18,21)(H,19,20);1H;1H4. The lowest BCUT2D eigenvalue weighted by Gasteiger charge is -2.19. The number of amides is 2. The van der Waals surface area contributed by atoms with Crippen LogP contribution in [0.3, 0.4) is 0 Å². The van der Waals surface area contributed by atoms with E-state index in [1.807, 2.05) is 69.3 Å². The second-order valence-electron chi connectivity index (χ2n) is 11.5. The molecule has 0 bridgehead atoms. The van der Waals surface area contributed by atoms with Crippen LogP contribution in [0.2, 0.25) is 10.0 Å². The molecule has 9 nitrogen and oxygen atoms in total. The number of imidazole rings is 2. The molecule has 2 aromatic heterocycles. The number of nitrogens with zero attached hydrogens (tertiary/aromatic N) is 2. The van der Waals surface area contributed by atoms with Gasteiger partial charge in [0.2, 0.25) is 0 Å². The zero-order chi connectivity index (χ0) is 36.7. The molecule has 2 heterocycles. The maximum absolute atomic E-state index is 12.8. The minimum absolute atomic E-state index is 0. The van der Waals surface area contributed by atoms with Gasteiger partial charge < -0.3 is 25.3 Å². The Morgan fingerprint density at radius 3 is 1.59 bits per heavy atom. The van der Waals surface area contributed by atoms with Crippen LogP contribution in [0.4, 0.5) is 9.18 Å². The van der Waals surface area contributed by atoms with Crippen molar-refractivity contribution in [2.75, 3.05) is 13.1 Å². The first kappa shape index (κ1) is 44.7. The third kappa shape index (κ3) is 17.7. The second kappa shape index (κ2) is 22.6. The van der Waals surface area contributed by atoms with Crippen LogP contribution < -0.4 is 10.6 Å². The van der Waals surface area contributed by atoms with E-state index in [1.54, 1.807) is 12.4 Å². The van der Waals surface area contributed by atoms with Crippen molar-refractivity contribution < 1.29 is 18.7 Å². The summed E-state index contributed by atoms with van der Waals surface area (Å²) in [7, 11) is 0. The summed E-state index contributed by atoms with van der Waals surface area (Å²) in [6, 6.07) is 20.3. The molecule has 5 rings (SSSR count). The Hall–Kier alpha value is -2.48. The summed E-state index contributed by atoms with van der Waals surface area (Å²) >= 11 is 18.7. The van der Waals surface area contributed by atoms with Crippen LogP contribution in [0.15, 0.2) is 85.2 Å². The third-order valence-electron chi connectivity index (χ3n) is 6.34. The summed E-state index contributed by atoms with van der Waals surface area (Å²) in [4.78, 5) is 38.6. The molecule has 5 aromatic rings. The Morgan fingerprint density at radius 2 is 1.18 bits per heavy atom. The molecule has 3 aromatic carbocycles. The highest BCUT2D eigenvalue weighted by Gasteiger charge is 2.15. The Bertz CT molecular complexity index is 1780. The molecule has 0 atom stereocenters.